The summed E-state index contributed by atoms with van der Waals surface area (Å²) in [5.41, 5.74) is 2.30. The van der Waals surface area contributed by atoms with Gasteiger partial charge in [-0.15, -0.1) is 0 Å². The van der Waals surface area contributed by atoms with Crippen LogP contribution >= 0.6 is 0 Å². The summed E-state index contributed by atoms with van der Waals surface area (Å²) < 4.78 is 24.9. The molecule has 1 unspecified atom stereocenters. The summed E-state index contributed by atoms with van der Waals surface area (Å²) in [6, 6.07) is 8.17. The maximum atomic E-state index is 12.5. The lowest BCUT2D eigenvalue weighted by atomic mass is 9.97. The first-order chi connectivity index (χ1) is 10.9. The van der Waals surface area contributed by atoms with Crippen LogP contribution in [-0.2, 0) is 27.7 Å². The summed E-state index contributed by atoms with van der Waals surface area (Å²) in [4.78, 5) is 14.3. The maximum Gasteiger partial charge on any atom is 0.226 e. The third kappa shape index (κ3) is 5.95. The van der Waals surface area contributed by atoms with Crippen LogP contribution in [0.25, 0.3) is 0 Å². The van der Waals surface area contributed by atoms with Crippen molar-refractivity contribution in [1.82, 2.24) is 9.62 Å². The van der Waals surface area contributed by atoms with Crippen LogP contribution in [0.5, 0.6) is 0 Å². The maximum absolute atomic E-state index is 12.5. The van der Waals surface area contributed by atoms with E-state index in [-0.39, 0.29) is 11.8 Å². The van der Waals surface area contributed by atoms with Gasteiger partial charge in [-0.3, -0.25) is 4.79 Å². The van der Waals surface area contributed by atoms with Crippen LogP contribution < -0.4 is 4.72 Å². The Morgan fingerprint density at radius 1 is 1.26 bits per heavy atom. The van der Waals surface area contributed by atoms with Gasteiger partial charge in [-0.1, -0.05) is 31.2 Å². The molecule has 1 amide bonds. The lowest BCUT2D eigenvalue weighted by molar-refractivity contribution is -0.132. The number of hydrogen-bond acceptors (Lipinski definition) is 3. The molecular weight excluding hydrogens is 312 g/mol. The molecule has 0 aromatic heterocycles. The van der Waals surface area contributed by atoms with Crippen LogP contribution in [0.1, 0.15) is 30.9 Å². The summed E-state index contributed by atoms with van der Waals surface area (Å²) in [6.07, 6.45) is 4.46. The van der Waals surface area contributed by atoms with E-state index in [9.17, 15) is 13.2 Å². The molecule has 1 N–H and O–H groups in total. The van der Waals surface area contributed by atoms with E-state index < -0.39 is 10.0 Å². The fourth-order valence-electron chi connectivity index (χ4n) is 2.91. The number of rotatable bonds is 6. The highest BCUT2D eigenvalue weighted by Gasteiger charge is 2.24. The minimum absolute atomic E-state index is 0.123. The van der Waals surface area contributed by atoms with Gasteiger partial charge in [0.25, 0.3) is 0 Å². The van der Waals surface area contributed by atoms with Crippen molar-refractivity contribution in [2.75, 3.05) is 25.9 Å². The Balaban J connectivity index is 1.88. The number of piperidine rings is 1. The van der Waals surface area contributed by atoms with E-state index >= 15 is 0 Å². The summed E-state index contributed by atoms with van der Waals surface area (Å²) in [5.74, 6) is 0.322. The van der Waals surface area contributed by atoms with Gasteiger partial charge >= 0.3 is 0 Å². The molecule has 1 aromatic carbocycles. The first-order valence-corrected chi connectivity index (χ1v) is 10.1. The lowest BCUT2D eigenvalue weighted by Gasteiger charge is -2.33. The van der Waals surface area contributed by atoms with Crippen molar-refractivity contribution in [3.05, 3.63) is 35.4 Å². The van der Waals surface area contributed by atoms with Crippen LogP contribution in [0, 0.1) is 5.92 Å². The molecule has 1 aliphatic rings. The summed E-state index contributed by atoms with van der Waals surface area (Å²) in [5, 5.41) is 0. The number of benzene rings is 1. The van der Waals surface area contributed by atoms with Gasteiger partial charge in [-0.2, -0.15) is 0 Å². The highest BCUT2D eigenvalue weighted by Crippen LogP contribution is 2.17. The summed E-state index contributed by atoms with van der Waals surface area (Å²) in [6.45, 7) is 3.92. The van der Waals surface area contributed by atoms with Gasteiger partial charge in [0.15, 0.2) is 0 Å². The quantitative estimate of drug-likeness (QED) is 0.856. The number of aryl methyl sites for hydroxylation is 1. The first kappa shape index (κ1) is 17.9. The Hall–Kier alpha value is -1.40. The molecule has 1 atom stereocenters. The number of amides is 1. The number of hydrogen-bond donors (Lipinski definition) is 1. The minimum atomic E-state index is -3.17. The third-order valence-corrected chi connectivity index (χ3v) is 4.98. The minimum Gasteiger partial charge on any atom is -0.342 e. The predicted molar refractivity (Wildman–Crippen MR) is 91.7 cm³/mol. The largest absolute Gasteiger partial charge is 0.342 e. The van der Waals surface area contributed by atoms with Crippen molar-refractivity contribution in [2.45, 2.75) is 32.6 Å². The second kappa shape index (κ2) is 7.93. The van der Waals surface area contributed by atoms with Crippen molar-refractivity contribution in [3.63, 3.8) is 0 Å². The van der Waals surface area contributed by atoms with Crippen LogP contribution in [0.3, 0.4) is 0 Å². The van der Waals surface area contributed by atoms with Gasteiger partial charge in [0.2, 0.25) is 15.9 Å². The van der Waals surface area contributed by atoms with E-state index in [0.717, 1.165) is 31.4 Å². The zero-order valence-electron chi connectivity index (χ0n) is 13.9. The van der Waals surface area contributed by atoms with Crippen LogP contribution in [0.15, 0.2) is 24.3 Å². The zero-order valence-corrected chi connectivity index (χ0v) is 14.7. The van der Waals surface area contributed by atoms with Crippen molar-refractivity contribution in [1.29, 1.82) is 0 Å². The van der Waals surface area contributed by atoms with E-state index in [0.29, 0.717) is 19.5 Å². The number of likely N-dealkylation sites (tertiary alicyclic amines) is 1. The number of nitrogens with zero attached hydrogens (tertiary/aromatic N) is 1. The molecular formula is C17H26N2O3S. The Labute approximate surface area is 139 Å². The molecule has 6 heteroatoms. The molecule has 5 nitrogen and oxygen atoms in total. The molecule has 0 radical (unpaired) electrons. The van der Waals surface area contributed by atoms with Crippen LogP contribution in [0.2, 0.25) is 0 Å². The molecule has 1 saturated heterocycles. The van der Waals surface area contributed by atoms with Gasteiger partial charge in [0.1, 0.15) is 0 Å². The standard InChI is InChI=1S/C17H26N2O3S/c1-3-14-6-8-15(9-7-14)11-17(20)19-10-4-5-16(13-19)12-18-23(2,21)22/h6-9,16,18H,3-5,10-13H2,1-2H3. The molecule has 23 heavy (non-hydrogen) atoms. The van der Waals surface area contributed by atoms with E-state index in [1.54, 1.807) is 0 Å². The average molecular weight is 338 g/mol. The Bertz CT molecular complexity index is 626. The fourth-order valence-corrected chi connectivity index (χ4v) is 3.45. The molecule has 1 fully saturated rings. The SMILES string of the molecule is CCc1ccc(CC(=O)N2CCCC(CNS(C)(=O)=O)C2)cc1. The van der Waals surface area contributed by atoms with E-state index in [2.05, 4.69) is 23.8 Å². The van der Waals surface area contributed by atoms with E-state index in [4.69, 9.17) is 0 Å². The molecule has 1 heterocycles. The Morgan fingerprint density at radius 3 is 2.52 bits per heavy atom. The third-order valence-electron chi connectivity index (χ3n) is 4.29. The van der Waals surface area contributed by atoms with Gasteiger partial charge in [-0.05, 0) is 36.3 Å². The average Bonchev–Trinajstić information content (AvgIpc) is 2.53. The van der Waals surface area contributed by atoms with Crippen molar-refractivity contribution in [3.8, 4) is 0 Å². The second-order valence-corrected chi connectivity index (χ2v) is 8.15. The zero-order chi connectivity index (χ0) is 16.9. The van der Waals surface area contributed by atoms with Gasteiger partial charge < -0.3 is 4.90 Å². The molecule has 2 rings (SSSR count). The highest BCUT2D eigenvalue weighted by molar-refractivity contribution is 7.88. The fraction of sp³-hybridized carbons (Fsp3) is 0.588. The molecule has 1 aliphatic heterocycles. The van der Waals surface area contributed by atoms with Crippen LogP contribution in [0.4, 0.5) is 0 Å². The second-order valence-electron chi connectivity index (χ2n) is 6.32. The van der Waals surface area contributed by atoms with Crippen molar-refractivity contribution < 1.29 is 13.2 Å². The van der Waals surface area contributed by atoms with Crippen molar-refractivity contribution in [2.24, 2.45) is 5.92 Å². The smallest absolute Gasteiger partial charge is 0.226 e. The van der Waals surface area contributed by atoms with E-state index in [1.807, 2.05) is 17.0 Å². The predicted octanol–water partition coefficient (Wildman–Crippen LogP) is 1.58. The number of sulfonamides is 1. The summed E-state index contributed by atoms with van der Waals surface area (Å²) in [7, 11) is -3.17. The Morgan fingerprint density at radius 2 is 1.91 bits per heavy atom. The molecule has 1 aromatic rings. The number of carbonyl (C=O) groups is 1. The molecule has 0 saturated carbocycles. The monoisotopic (exact) mass is 338 g/mol. The van der Waals surface area contributed by atoms with Crippen molar-refractivity contribution >= 4 is 15.9 Å². The van der Waals surface area contributed by atoms with Gasteiger partial charge in [0, 0.05) is 19.6 Å². The van der Waals surface area contributed by atoms with Crippen LogP contribution in [-0.4, -0.2) is 45.1 Å². The molecule has 0 bridgehead atoms. The molecule has 128 valence electrons. The molecule has 0 spiro atoms. The molecule has 0 aliphatic carbocycles. The first-order valence-electron chi connectivity index (χ1n) is 8.17. The number of nitrogens with one attached hydrogen (secondary N) is 1. The van der Waals surface area contributed by atoms with Gasteiger partial charge in [0.05, 0.1) is 12.7 Å². The number of carbonyl (C=O) groups excluding carboxylic acids is 1. The highest BCUT2D eigenvalue weighted by atomic mass is 32.2. The normalized spacial score (nSPS) is 18.9. The lowest BCUT2D eigenvalue weighted by Crippen LogP contribution is -2.44. The summed E-state index contributed by atoms with van der Waals surface area (Å²) >= 11 is 0. The van der Waals surface area contributed by atoms with E-state index in [1.165, 1.54) is 11.8 Å². The Kier molecular flexibility index (Phi) is 6.18. The topological polar surface area (TPSA) is 66.5 Å². The van der Waals surface area contributed by atoms with Gasteiger partial charge in [-0.25, -0.2) is 13.1 Å².